The van der Waals surface area contributed by atoms with Crippen LogP contribution >= 0.6 is 22.9 Å². The van der Waals surface area contributed by atoms with Crippen LogP contribution in [0.5, 0.6) is 0 Å². The van der Waals surface area contributed by atoms with E-state index in [-0.39, 0.29) is 11.4 Å². The summed E-state index contributed by atoms with van der Waals surface area (Å²) in [5, 5.41) is 14.2. The van der Waals surface area contributed by atoms with Crippen LogP contribution in [0.3, 0.4) is 0 Å². The minimum Gasteiger partial charge on any atom is -0.368 e. The van der Waals surface area contributed by atoms with Gasteiger partial charge < -0.3 is 21.3 Å². The molecule has 1 amide bonds. The number of hydrogen-bond donors (Lipinski definition) is 4. The number of nitrogens with zero attached hydrogens (tertiary/aromatic N) is 3. The van der Waals surface area contributed by atoms with E-state index in [9.17, 15) is 4.79 Å². The number of carbonyl (C=O) groups excluding carboxylic acids is 1. The van der Waals surface area contributed by atoms with Crippen molar-refractivity contribution in [2.45, 2.75) is 45.6 Å². The number of hydrogen-bond acceptors (Lipinski definition) is 8. The molecule has 0 saturated carbocycles. The fraction of sp³-hybridized carbons (Fsp3) is 0.391. The molecule has 174 valence electrons. The summed E-state index contributed by atoms with van der Waals surface area (Å²) in [4.78, 5) is 26.5. The molecule has 1 aromatic carbocycles. The van der Waals surface area contributed by atoms with Gasteiger partial charge in [0.15, 0.2) is 5.13 Å². The summed E-state index contributed by atoms with van der Waals surface area (Å²) in [6.07, 6.45) is 4.95. The third-order valence-corrected chi connectivity index (χ3v) is 7.11. The van der Waals surface area contributed by atoms with E-state index in [0.29, 0.717) is 32.4 Å². The Hall–Kier alpha value is -2.75. The Kier molecular flexibility index (Phi) is 7.11. The first-order valence-corrected chi connectivity index (χ1v) is 12.2. The molecule has 2 aromatic heterocycles. The number of aromatic nitrogens is 3. The number of anilines is 4. The van der Waals surface area contributed by atoms with E-state index in [1.165, 1.54) is 17.8 Å². The predicted molar refractivity (Wildman–Crippen MR) is 135 cm³/mol. The zero-order valence-electron chi connectivity index (χ0n) is 19.0. The molecule has 0 radical (unpaired) electrons. The van der Waals surface area contributed by atoms with Gasteiger partial charge in [0, 0.05) is 18.2 Å². The summed E-state index contributed by atoms with van der Waals surface area (Å²) in [5.74, 6) is 1.77. The molecule has 0 spiro atoms. The molecule has 1 saturated heterocycles. The van der Waals surface area contributed by atoms with Crippen molar-refractivity contribution in [1.82, 2.24) is 20.3 Å². The molecule has 4 N–H and O–H groups in total. The first-order valence-electron chi connectivity index (χ1n) is 11.0. The van der Waals surface area contributed by atoms with Crippen molar-refractivity contribution in [2.75, 3.05) is 29.0 Å². The normalized spacial score (nSPS) is 17.7. The van der Waals surface area contributed by atoms with Gasteiger partial charge in [0.25, 0.3) is 5.91 Å². The molecular formula is C23H28ClN7OS. The Bertz CT molecular complexity index is 1120. The van der Waals surface area contributed by atoms with E-state index < -0.39 is 0 Å². The van der Waals surface area contributed by atoms with E-state index in [1.807, 2.05) is 32.0 Å². The van der Waals surface area contributed by atoms with Gasteiger partial charge in [0.2, 0.25) is 0 Å². The average Bonchev–Trinajstić information content (AvgIpc) is 3.45. The van der Waals surface area contributed by atoms with Gasteiger partial charge in [-0.2, -0.15) is 0 Å². The minimum absolute atomic E-state index is 0.115. The van der Waals surface area contributed by atoms with Gasteiger partial charge in [-0.05, 0) is 51.3 Å². The fourth-order valence-corrected chi connectivity index (χ4v) is 4.93. The molecule has 0 bridgehead atoms. The highest BCUT2D eigenvalue weighted by atomic mass is 35.5. The molecule has 4 rings (SSSR count). The van der Waals surface area contributed by atoms with Gasteiger partial charge in [-0.15, -0.1) is 0 Å². The predicted octanol–water partition coefficient (Wildman–Crippen LogP) is 5.14. The van der Waals surface area contributed by atoms with Crippen LogP contribution in [0, 0.1) is 13.8 Å². The number of para-hydroxylation sites is 1. The number of carbonyl (C=O) groups is 1. The van der Waals surface area contributed by atoms with Crippen molar-refractivity contribution in [1.29, 1.82) is 0 Å². The first kappa shape index (κ1) is 23.4. The number of halogens is 1. The first-order chi connectivity index (χ1) is 15.9. The Morgan fingerprint density at radius 2 is 2.09 bits per heavy atom. The Labute approximate surface area is 202 Å². The lowest BCUT2D eigenvalue weighted by atomic mass is 9.94. The van der Waals surface area contributed by atoms with E-state index in [1.54, 1.807) is 12.3 Å². The lowest BCUT2D eigenvalue weighted by Gasteiger charge is -2.28. The molecule has 0 unspecified atom stereocenters. The average molecular weight is 486 g/mol. The third kappa shape index (κ3) is 5.61. The number of benzene rings is 1. The minimum atomic E-state index is -0.257. The fourth-order valence-electron chi connectivity index (χ4n) is 3.94. The highest BCUT2D eigenvalue weighted by molar-refractivity contribution is 7.17. The standard InChI is InChI=1S/C23H28ClN7OS/c1-4-23(9-6-10-27-23)13-26-18-11-19(29-15(3)28-18)30-22-25-12-17(33-22)21(32)31-20-14(2)7-5-8-16(20)24/h5,7-8,11-12,27H,4,6,9-10,13H2,1-3H3,(H,31,32)(H2,25,26,28,29,30)/t23-/m0/s1. The molecule has 33 heavy (non-hydrogen) atoms. The van der Waals surface area contributed by atoms with Gasteiger partial charge >= 0.3 is 0 Å². The maximum absolute atomic E-state index is 12.7. The van der Waals surface area contributed by atoms with Crippen LogP contribution in [0.25, 0.3) is 0 Å². The van der Waals surface area contributed by atoms with Crippen LogP contribution in [0.4, 0.5) is 22.5 Å². The molecule has 8 nitrogen and oxygen atoms in total. The van der Waals surface area contributed by atoms with Crippen molar-refractivity contribution in [3.8, 4) is 0 Å². The molecule has 1 fully saturated rings. The lowest BCUT2D eigenvalue weighted by molar-refractivity contribution is 0.103. The number of aryl methyl sites for hydroxylation is 2. The van der Waals surface area contributed by atoms with Crippen LogP contribution in [0.2, 0.25) is 5.02 Å². The Balaban J connectivity index is 1.43. The van der Waals surface area contributed by atoms with Gasteiger partial charge in [-0.25, -0.2) is 15.0 Å². The Morgan fingerprint density at radius 3 is 2.82 bits per heavy atom. The van der Waals surface area contributed by atoms with Gasteiger partial charge in [0.05, 0.1) is 16.9 Å². The monoisotopic (exact) mass is 485 g/mol. The van der Waals surface area contributed by atoms with E-state index in [2.05, 4.69) is 43.1 Å². The van der Waals surface area contributed by atoms with Gasteiger partial charge in [-0.3, -0.25) is 4.79 Å². The summed E-state index contributed by atoms with van der Waals surface area (Å²) >= 11 is 7.47. The van der Waals surface area contributed by atoms with Crippen molar-refractivity contribution in [3.63, 3.8) is 0 Å². The van der Waals surface area contributed by atoms with Crippen molar-refractivity contribution < 1.29 is 4.79 Å². The summed E-state index contributed by atoms with van der Waals surface area (Å²) in [6.45, 7) is 7.83. The quantitative estimate of drug-likeness (QED) is 0.350. The third-order valence-electron chi connectivity index (χ3n) is 5.88. The van der Waals surface area contributed by atoms with Crippen LogP contribution in [0.1, 0.15) is 47.2 Å². The number of nitrogens with one attached hydrogen (secondary N) is 4. The van der Waals surface area contributed by atoms with Crippen LogP contribution < -0.4 is 21.3 Å². The van der Waals surface area contributed by atoms with Crippen LogP contribution in [-0.4, -0.2) is 39.5 Å². The van der Waals surface area contributed by atoms with E-state index in [4.69, 9.17) is 11.6 Å². The maximum Gasteiger partial charge on any atom is 0.267 e. The molecule has 1 aliphatic heterocycles. The van der Waals surface area contributed by atoms with E-state index in [0.717, 1.165) is 37.3 Å². The zero-order valence-corrected chi connectivity index (χ0v) is 20.5. The topological polar surface area (TPSA) is 104 Å². The van der Waals surface area contributed by atoms with Gasteiger partial charge in [0.1, 0.15) is 22.3 Å². The van der Waals surface area contributed by atoms with Crippen molar-refractivity contribution in [3.05, 3.63) is 51.7 Å². The zero-order chi connectivity index (χ0) is 23.4. The summed E-state index contributed by atoms with van der Waals surface area (Å²) < 4.78 is 0. The second kappa shape index (κ2) is 10.0. The molecule has 3 heterocycles. The number of rotatable bonds is 8. The molecule has 3 aromatic rings. The highest BCUT2D eigenvalue weighted by Crippen LogP contribution is 2.28. The van der Waals surface area contributed by atoms with Crippen LogP contribution in [-0.2, 0) is 0 Å². The van der Waals surface area contributed by atoms with Crippen LogP contribution in [0.15, 0.2) is 30.5 Å². The van der Waals surface area contributed by atoms with Gasteiger partial charge in [-0.1, -0.05) is 42.0 Å². The molecule has 10 heteroatoms. The van der Waals surface area contributed by atoms with Crippen molar-refractivity contribution in [2.24, 2.45) is 0 Å². The lowest BCUT2D eigenvalue weighted by Crippen LogP contribution is -2.45. The highest BCUT2D eigenvalue weighted by Gasteiger charge is 2.31. The number of thiazole rings is 1. The second-order valence-corrected chi connectivity index (χ2v) is 9.68. The molecule has 1 aliphatic rings. The van der Waals surface area contributed by atoms with E-state index >= 15 is 0 Å². The molecule has 1 atom stereocenters. The summed E-state index contributed by atoms with van der Waals surface area (Å²) in [7, 11) is 0. The summed E-state index contributed by atoms with van der Waals surface area (Å²) in [5.41, 5.74) is 1.62. The second-order valence-electron chi connectivity index (χ2n) is 8.24. The smallest absolute Gasteiger partial charge is 0.267 e. The molecule has 0 aliphatic carbocycles. The summed E-state index contributed by atoms with van der Waals surface area (Å²) in [6, 6.07) is 7.36. The Morgan fingerprint density at radius 1 is 1.27 bits per heavy atom. The molecular weight excluding hydrogens is 458 g/mol. The maximum atomic E-state index is 12.7. The largest absolute Gasteiger partial charge is 0.368 e. The number of amides is 1. The van der Waals surface area contributed by atoms with Crippen molar-refractivity contribution >= 4 is 51.3 Å². The SMILES string of the molecule is CC[C@@]1(CNc2cc(Nc3ncc(C(=O)Nc4c(C)cccc4Cl)s3)nc(C)n2)CCCN1.